The van der Waals surface area contributed by atoms with Gasteiger partial charge in [-0.05, 0) is 58.3 Å². The quantitative estimate of drug-likeness (QED) is 0.331. The van der Waals surface area contributed by atoms with Crippen molar-refractivity contribution < 1.29 is 24.2 Å². The summed E-state index contributed by atoms with van der Waals surface area (Å²) in [6, 6.07) is -1.29. The Morgan fingerprint density at radius 1 is 1.27 bits per heavy atom. The third-order valence-electron chi connectivity index (χ3n) is 8.57. The number of ether oxygens (including phenoxy) is 1. The van der Waals surface area contributed by atoms with Crippen LogP contribution in [0, 0.1) is 23.2 Å². The molecule has 8 heteroatoms. The van der Waals surface area contributed by atoms with Crippen LogP contribution in [0.5, 0.6) is 0 Å². The van der Waals surface area contributed by atoms with Gasteiger partial charge in [0.05, 0.1) is 35.8 Å². The van der Waals surface area contributed by atoms with E-state index < -0.39 is 39.0 Å². The normalized spacial score (nSPS) is 32.0. The Balaban J connectivity index is 2.18. The summed E-state index contributed by atoms with van der Waals surface area (Å²) in [6.45, 7) is 22.7. The van der Waals surface area contributed by atoms with E-state index in [0.717, 1.165) is 12.8 Å². The molecule has 3 saturated heterocycles. The third-order valence-corrected chi connectivity index (χ3v) is 10.6. The van der Waals surface area contributed by atoms with Crippen LogP contribution in [-0.2, 0) is 19.1 Å². The van der Waals surface area contributed by atoms with E-state index in [4.69, 9.17) is 4.74 Å². The number of aliphatic hydroxyl groups is 1. The van der Waals surface area contributed by atoms with Crippen molar-refractivity contribution in [3.05, 3.63) is 12.7 Å². The molecule has 6 atom stereocenters. The summed E-state index contributed by atoms with van der Waals surface area (Å²) in [7, 11) is 0. The number of nitrogens with zero attached hydrogens (tertiary/aromatic N) is 2. The lowest BCUT2D eigenvalue weighted by molar-refractivity contribution is -0.156. The van der Waals surface area contributed by atoms with Gasteiger partial charge >= 0.3 is 5.97 Å². The molecule has 0 radical (unpaired) electrons. The van der Waals surface area contributed by atoms with Gasteiger partial charge in [0.15, 0.2) is 0 Å². The number of rotatable bonds is 10. The molecule has 3 rings (SSSR count). The Bertz CT molecular complexity index is 928. The topological polar surface area (TPSA) is 87.2 Å². The molecule has 0 saturated carbocycles. The maximum absolute atomic E-state index is 14.8. The summed E-state index contributed by atoms with van der Waals surface area (Å²) in [5.41, 5.74) is -0.519. The molecule has 210 valence electrons. The monoisotopic (exact) mass is 536 g/mol. The lowest BCUT2D eigenvalue weighted by Gasteiger charge is -2.47. The highest BCUT2D eigenvalue weighted by molar-refractivity contribution is 8.02. The van der Waals surface area contributed by atoms with E-state index >= 15 is 0 Å². The number of aliphatic hydroxyl groups excluding tert-OH is 1. The second-order valence-corrected chi connectivity index (χ2v) is 15.4. The molecule has 0 aromatic heterocycles. The molecule has 3 aliphatic rings. The van der Waals surface area contributed by atoms with Crippen LogP contribution in [0.3, 0.4) is 0 Å². The van der Waals surface area contributed by atoms with Crippen LogP contribution >= 0.6 is 11.8 Å². The van der Waals surface area contributed by atoms with Gasteiger partial charge in [0.25, 0.3) is 0 Å². The third kappa shape index (κ3) is 4.97. The minimum Gasteiger partial charge on any atom is -0.466 e. The Kier molecular flexibility index (Phi) is 8.28. The minimum atomic E-state index is -0.769. The zero-order chi connectivity index (χ0) is 28.1. The smallest absolute Gasteiger partial charge is 0.311 e. The van der Waals surface area contributed by atoms with Crippen molar-refractivity contribution in [2.24, 2.45) is 23.2 Å². The Morgan fingerprint density at radius 3 is 2.38 bits per heavy atom. The second kappa shape index (κ2) is 10.2. The van der Waals surface area contributed by atoms with E-state index in [0.29, 0.717) is 13.0 Å². The Morgan fingerprint density at radius 2 is 1.89 bits per heavy atom. The van der Waals surface area contributed by atoms with Crippen LogP contribution in [0.15, 0.2) is 12.7 Å². The van der Waals surface area contributed by atoms with Gasteiger partial charge < -0.3 is 19.6 Å². The molecule has 1 N–H and O–H groups in total. The fourth-order valence-corrected chi connectivity index (χ4v) is 9.84. The van der Waals surface area contributed by atoms with E-state index in [1.807, 2.05) is 25.7 Å². The summed E-state index contributed by atoms with van der Waals surface area (Å²) >= 11 is 1.64. The van der Waals surface area contributed by atoms with Crippen LogP contribution in [0.1, 0.15) is 81.6 Å². The molecular formula is C29H48N2O5S. The molecule has 2 bridgehead atoms. The lowest BCUT2D eigenvalue weighted by Crippen LogP contribution is -2.62. The molecule has 37 heavy (non-hydrogen) atoms. The van der Waals surface area contributed by atoms with Gasteiger partial charge in [-0.1, -0.05) is 40.7 Å². The molecule has 2 amide bonds. The highest BCUT2D eigenvalue weighted by Gasteiger charge is 2.78. The number of fused-ring (bicyclic) bond motifs is 1. The maximum Gasteiger partial charge on any atom is 0.311 e. The minimum absolute atomic E-state index is 0.0240. The predicted molar refractivity (Wildman–Crippen MR) is 148 cm³/mol. The Labute approximate surface area is 227 Å². The van der Waals surface area contributed by atoms with Crippen molar-refractivity contribution in [3.8, 4) is 0 Å². The predicted octanol–water partition coefficient (Wildman–Crippen LogP) is 4.28. The summed E-state index contributed by atoms with van der Waals surface area (Å²) in [5.74, 6) is -1.99. The SMILES string of the molecule is C=CCN(C(=O)C1N([C@@H](CO)C(C)C)C(=O)[C@@H]2[C@@H](C(=O)OCC)[C@@]3(C)CCC12S3)C(C)(C)CC(C)(C)C. The largest absolute Gasteiger partial charge is 0.466 e. The van der Waals surface area contributed by atoms with Crippen LogP contribution in [0.25, 0.3) is 0 Å². The van der Waals surface area contributed by atoms with Gasteiger partial charge in [-0.15, -0.1) is 18.3 Å². The van der Waals surface area contributed by atoms with Crippen LogP contribution in [0.4, 0.5) is 0 Å². The first kappa shape index (κ1) is 30.0. The number of amides is 2. The molecule has 0 aromatic carbocycles. The summed E-state index contributed by atoms with van der Waals surface area (Å²) in [5, 5.41) is 10.4. The average Bonchev–Trinajstić information content (AvgIpc) is 3.31. The molecular weight excluding hydrogens is 488 g/mol. The van der Waals surface area contributed by atoms with Gasteiger partial charge in [0, 0.05) is 16.8 Å². The van der Waals surface area contributed by atoms with Crippen molar-refractivity contribution in [1.82, 2.24) is 9.80 Å². The van der Waals surface area contributed by atoms with Gasteiger partial charge in [-0.25, -0.2) is 0 Å². The first-order valence-corrected chi connectivity index (χ1v) is 14.5. The molecule has 3 heterocycles. The highest BCUT2D eigenvalue weighted by Crippen LogP contribution is 2.72. The summed E-state index contributed by atoms with van der Waals surface area (Å²) in [4.78, 5) is 45.9. The second-order valence-electron chi connectivity index (χ2n) is 13.5. The van der Waals surface area contributed by atoms with Crippen molar-refractivity contribution in [2.75, 3.05) is 19.8 Å². The number of likely N-dealkylation sites (tertiary alicyclic amines) is 1. The molecule has 3 aliphatic heterocycles. The van der Waals surface area contributed by atoms with Crippen LogP contribution in [0.2, 0.25) is 0 Å². The zero-order valence-corrected chi connectivity index (χ0v) is 25.1. The van der Waals surface area contributed by atoms with Gasteiger partial charge in [0.1, 0.15) is 6.04 Å². The van der Waals surface area contributed by atoms with Crippen LogP contribution in [-0.4, -0.2) is 79.6 Å². The maximum atomic E-state index is 14.8. The van der Waals surface area contributed by atoms with Crippen molar-refractivity contribution in [1.29, 1.82) is 0 Å². The van der Waals surface area contributed by atoms with E-state index in [-0.39, 0.29) is 42.3 Å². The van der Waals surface area contributed by atoms with E-state index in [1.165, 1.54) is 0 Å². The van der Waals surface area contributed by atoms with Gasteiger partial charge in [0.2, 0.25) is 11.8 Å². The highest BCUT2D eigenvalue weighted by atomic mass is 32.2. The van der Waals surface area contributed by atoms with Crippen molar-refractivity contribution >= 4 is 29.5 Å². The van der Waals surface area contributed by atoms with E-state index in [1.54, 1.807) is 29.7 Å². The number of hydrogen-bond donors (Lipinski definition) is 1. The lowest BCUT2D eigenvalue weighted by atomic mass is 9.66. The van der Waals surface area contributed by atoms with E-state index in [9.17, 15) is 19.5 Å². The number of thioether (sulfide) groups is 1. The first-order valence-electron chi connectivity index (χ1n) is 13.7. The van der Waals surface area contributed by atoms with Crippen molar-refractivity contribution in [2.45, 2.75) is 109 Å². The first-order chi connectivity index (χ1) is 17.0. The number of carbonyl (C=O) groups excluding carboxylic acids is 3. The summed E-state index contributed by atoms with van der Waals surface area (Å²) < 4.78 is 4.28. The fraction of sp³-hybridized carbons (Fsp3) is 0.828. The molecule has 0 aliphatic carbocycles. The number of hydrogen-bond acceptors (Lipinski definition) is 6. The molecule has 1 spiro atoms. The molecule has 3 fully saturated rings. The van der Waals surface area contributed by atoms with Gasteiger partial charge in [-0.2, -0.15) is 0 Å². The zero-order valence-electron chi connectivity index (χ0n) is 24.3. The van der Waals surface area contributed by atoms with Crippen molar-refractivity contribution in [3.63, 3.8) is 0 Å². The molecule has 2 unspecified atom stereocenters. The average molecular weight is 537 g/mol. The van der Waals surface area contributed by atoms with Gasteiger partial charge in [-0.3, -0.25) is 14.4 Å². The molecule has 0 aromatic rings. The standard InChI is InChI=1S/C29H48N2O5S/c1-11-15-30(27(8,9)17-26(5,6)7)24(34)22-29-14-13-28(10,37-29)21(25(35)36-12-2)20(29)23(33)31(22)19(16-32)18(3)4/h11,18-22,32H,1,12-17H2,2-10H3/t19-,20-,21-,22?,28+,29?/m0/s1. The molecule has 7 nitrogen and oxygen atoms in total. The number of esters is 1. The van der Waals surface area contributed by atoms with Crippen LogP contribution < -0.4 is 0 Å². The fourth-order valence-electron chi connectivity index (χ4n) is 7.52. The summed E-state index contributed by atoms with van der Waals surface area (Å²) in [6.07, 6.45) is 3.92. The Hall–Kier alpha value is -1.54. The van der Waals surface area contributed by atoms with E-state index in [2.05, 4.69) is 41.2 Å². The number of carbonyl (C=O) groups is 3.